The minimum absolute atomic E-state index is 0.242. The second-order valence-electron chi connectivity index (χ2n) is 6.12. The second kappa shape index (κ2) is 4.73. The van der Waals surface area contributed by atoms with Crippen molar-refractivity contribution in [1.29, 1.82) is 0 Å². The smallest absolute Gasteiger partial charge is 0.173 e. The summed E-state index contributed by atoms with van der Waals surface area (Å²) in [5.74, 6) is 1.12. The van der Waals surface area contributed by atoms with E-state index in [4.69, 9.17) is 4.74 Å². The molecule has 106 valence electrons. The number of ketones is 1. The molecule has 0 N–H and O–H groups in total. The topological polar surface area (TPSA) is 26.3 Å². The molecule has 0 atom stereocenters. The summed E-state index contributed by atoms with van der Waals surface area (Å²) in [6.07, 6.45) is 4.60. The molecular weight excluding hydrogens is 260 g/mol. The molecule has 2 heteroatoms. The number of carbonyl (C=O) groups excluding carboxylic acids is 1. The fourth-order valence-corrected chi connectivity index (χ4v) is 2.87. The van der Waals surface area contributed by atoms with Gasteiger partial charge in [-0.1, -0.05) is 30.3 Å². The molecule has 0 bridgehead atoms. The van der Waals surface area contributed by atoms with Crippen LogP contribution in [0.1, 0.15) is 41.6 Å². The van der Waals surface area contributed by atoms with E-state index in [0.717, 1.165) is 42.6 Å². The third-order valence-corrected chi connectivity index (χ3v) is 4.45. The maximum absolute atomic E-state index is 12.8. The molecule has 0 heterocycles. The summed E-state index contributed by atoms with van der Waals surface area (Å²) in [5.41, 5.74) is 1.66. The predicted molar refractivity (Wildman–Crippen MR) is 81.8 cm³/mol. The van der Waals surface area contributed by atoms with Crippen molar-refractivity contribution in [3.63, 3.8) is 0 Å². The van der Waals surface area contributed by atoms with Crippen molar-refractivity contribution in [3.05, 3.63) is 65.7 Å². The Hall–Kier alpha value is -2.09. The molecule has 2 aliphatic rings. The van der Waals surface area contributed by atoms with Gasteiger partial charge in [0.25, 0.3) is 0 Å². The zero-order valence-corrected chi connectivity index (χ0v) is 11.9. The molecule has 2 saturated carbocycles. The summed E-state index contributed by atoms with van der Waals surface area (Å²) >= 11 is 0. The van der Waals surface area contributed by atoms with E-state index in [-0.39, 0.29) is 11.2 Å². The molecule has 4 rings (SSSR count). The molecule has 0 aliphatic heterocycles. The summed E-state index contributed by atoms with van der Waals surface area (Å²) in [6.45, 7) is 0. The van der Waals surface area contributed by atoms with E-state index in [1.54, 1.807) is 0 Å². The SMILES string of the molecule is O=C(c1ccc(OC2CC2)cc1)C1(c2ccccc2)CC1. The van der Waals surface area contributed by atoms with E-state index >= 15 is 0 Å². The van der Waals surface area contributed by atoms with Gasteiger partial charge >= 0.3 is 0 Å². The number of rotatable bonds is 5. The number of hydrogen-bond donors (Lipinski definition) is 0. The lowest BCUT2D eigenvalue weighted by molar-refractivity contribution is 0.0946. The Morgan fingerprint density at radius 2 is 1.62 bits per heavy atom. The molecular formula is C19H18O2. The quantitative estimate of drug-likeness (QED) is 0.768. The monoisotopic (exact) mass is 278 g/mol. The maximum atomic E-state index is 12.8. The zero-order chi connectivity index (χ0) is 14.3. The van der Waals surface area contributed by atoms with Gasteiger partial charge in [0.2, 0.25) is 0 Å². The summed E-state index contributed by atoms with van der Waals surface area (Å²) < 4.78 is 5.73. The first-order chi connectivity index (χ1) is 10.3. The Kier molecular flexibility index (Phi) is 2.85. The fraction of sp³-hybridized carbons (Fsp3) is 0.316. The van der Waals surface area contributed by atoms with Crippen molar-refractivity contribution in [2.24, 2.45) is 0 Å². The summed E-state index contributed by atoms with van der Waals surface area (Å²) in [7, 11) is 0. The number of hydrogen-bond acceptors (Lipinski definition) is 2. The Bertz CT molecular complexity index is 650. The molecule has 0 amide bonds. The van der Waals surface area contributed by atoms with Gasteiger partial charge in [0.1, 0.15) is 5.75 Å². The van der Waals surface area contributed by atoms with E-state index in [1.807, 2.05) is 42.5 Å². The first-order valence-electron chi connectivity index (χ1n) is 7.65. The van der Waals surface area contributed by atoms with Gasteiger partial charge in [0, 0.05) is 5.56 Å². The summed E-state index contributed by atoms with van der Waals surface area (Å²) in [6, 6.07) is 17.8. The molecule has 0 saturated heterocycles. The van der Waals surface area contributed by atoms with Crippen molar-refractivity contribution in [3.8, 4) is 5.75 Å². The van der Waals surface area contributed by atoms with Crippen molar-refractivity contribution < 1.29 is 9.53 Å². The van der Waals surface area contributed by atoms with Crippen LogP contribution in [0, 0.1) is 0 Å². The lowest BCUT2D eigenvalue weighted by Gasteiger charge is -2.15. The van der Waals surface area contributed by atoms with E-state index in [1.165, 1.54) is 0 Å². The highest BCUT2D eigenvalue weighted by Crippen LogP contribution is 2.50. The van der Waals surface area contributed by atoms with Gasteiger partial charge in [-0.25, -0.2) is 0 Å². The molecule has 0 radical (unpaired) electrons. The molecule has 2 nitrogen and oxygen atoms in total. The highest BCUT2D eigenvalue weighted by Gasteiger charge is 2.50. The fourth-order valence-electron chi connectivity index (χ4n) is 2.87. The van der Waals surface area contributed by atoms with Gasteiger partial charge in [-0.05, 0) is 55.5 Å². The van der Waals surface area contributed by atoms with E-state index < -0.39 is 0 Å². The van der Waals surface area contributed by atoms with Gasteiger partial charge in [-0.3, -0.25) is 4.79 Å². The first-order valence-corrected chi connectivity index (χ1v) is 7.65. The van der Waals surface area contributed by atoms with Gasteiger partial charge in [0.05, 0.1) is 11.5 Å². The van der Waals surface area contributed by atoms with Crippen LogP contribution in [-0.2, 0) is 5.41 Å². The average Bonchev–Trinajstić information content (AvgIpc) is 3.43. The van der Waals surface area contributed by atoms with Crippen molar-refractivity contribution in [2.45, 2.75) is 37.2 Å². The van der Waals surface area contributed by atoms with Crippen molar-refractivity contribution >= 4 is 5.78 Å². The maximum Gasteiger partial charge on any atom is 0.173 e. The molecule has 0 unspecified atom stereocenters. The minimum Gasteiger partial charge on any atom is -0.490 e. The van der Waals surface area contributed by atoms with E-state index in [2.05, 4.69) is 12.1 Å². The molecule has 0 aromatic heterocycles. The van der Waals surface area contributed by atoms with Crippen LogP contribution >= 0.6 is 0 Å². The summed E-state index contributed by atoms with van der Waals surface area (Å²) in [5, 5.41) is 0. The molecule has 21 heavy (non-hydrogen) atoms. The van der Waals surface area contributed by atoms with Gasteiger partial charge in [-0.15, -0.1) is 0 Å². The number of carbonyl (C=O) groups is 1. The normalized spacial score (nSPS) is 19.0. The number of ether oxygens (including phenoxy) is 1. The van der Waals surface area contributed by atoms with Crippen LogP contribution in [0.15, 0.2) is 54.6 Å². The van der Waals surface area contributed by atoms with Crippen LogP contribution in [0.5, 0.6) is 5.75 Å². The number of Topliss-reactive ketones (excluding diaryl/α,β-unsaturated/α-hetero) is 1. The van der Waals surface area contributed by atoms with Gasteiger partial charge in [0.15, 0.2) is 5.78 Å². The molecule has 2 aliphatic carbocycles. The first kappa shape index (κ1) is 12.6. The van der Waals surface area contributed by atoms with Crippen LogP contribution in [0.25, 0.3) is 0 Å². The van der Waals surface area contributed by atoms with Crippen LogP contribution < -0.4 is 4.74 Å². The standard InChI is InChI=1S/C19H18O2/c20-18(19(12-13-19)15-4-2-1-3-5-15)14-6-8-16(9-7-14)21-17-10-11-17/h1-9,17H,10-13H2. The Morgan fingerprint density at radius 1 is 0.952 bits per heavy atom. The highest BCUT2D eigenvalue weighted by atomic mass is 16.5. The lowest BCUT2D eigenvalue weighted by atomic mass is 9.87. The van der Waals surface area contributed by atoms with Crippen LogP contribution in [0.4, 0.5) is 0 Å². The molecule has 2 aromatic rings. The average molecular weight is 278 g/mol. The van der Waals surface area contributed by atoms with E-state index in [9.17, 15) is 4.79 Å². The van der Waals surface area contributed by atoms with Crippen molar-refractivity contribution in [2.75, 3.05) is 0 Å². The lowest BCUT2D eigenvalue weighted by Crippen LogP contribution is -2.20. The minimum atomic E-state index is -0.278. The third-order valence-electron chi connectivity index (χ3n) is 4.45. The van der Waals surface area contributed by atoms with Crippen LogP contribution in [0.3, 0.4) is 0 Å². The number of benzene rings is 2. The van der Waals surface area contributed by atoms with Gasteiger partial charge in [-0.2, -0.15) is 0 Å². The predicted octanol–water partition coefficient (Wildman–Crippen LogP) is 4.14. The zero-order valence-electron chi connectivity index (χ0n) is 11.9. The van der Waals surface area contributed by atoms with Gasteiger partial charge < -0.3 is 4.74 Å². The second-order valence-corrected chi connectivity index (χ2v) is 6.12. The Morgan fingerprint density at radius 3 is 2.19 bits per heavy atom. The Balaban J connectivity index is 1.57. The van der Waals surface area contributed by atoms with Crippen LogP contribution in [-0.4, -0.2) is 11.9 Å². The highest BCUT2D eigenvalue weighted by molar-refractivity contribution is 6.06. The Labute approximate surface area is 124 Å². The molecule has 0 spiro atoms. The third kappa shape index (κ3) is 2.35. The largest absolute Gasteiger partial charge is 0.490 e. The molecule has 2 aromatic carbocycles. The molecule has 2 fully saturated rings. The van der Waals surface area contributed by atoms with E-state index in [0.29, 0.717) is 6.10 Å². The van der Waals surface area contributed by atoms with Crippen LogP contribution in [0.2, 0.25) is 0 Å². The van der Waals surface area contributed by atoms with Crippen molar-refractivity contribution in [1.82, 2.24) is 0 Å². The summed E-state index contributed by atoms with van der Waals surface area (Å²) in [4.78, 5) is 12.8.